The number of benzene rings is 2. The topological polar surface area (TPSA) is 49.3 Å². The maximum absolute atomic E-state index is 11.5. The average molecular weight is 334 g/mol. The Kier molecular flexibility index (Phi) is 4.93. The van der Waals surface area contributed by atoms with Crippen molar-refractivity contribution in [3.63, 3.8) is 0 Å². The second kappa shape index (κ2) is 6.68. The van der Waals surface area contributed by atoms with Crippen molar-refractivity contribution in [3.05, 3.63) is 69.7 Å². The molecule has 0 amide bonds. The minimum atomic E-state index is -0.884. The molecule has 3 nitrogen and oxygen atoms in total. The van der Waals surface area contributed by atoms with Crippen LogP contribution in [0.5, 0.6) is 0 Å². The Hall–Kier alpha value is -1.65. The SMILES string of the molecule is Cc1ccc(C(NCc2ccccc2)C(=O)O)c(Br)c1. The van der Waals surface area contributed by atoms with Gasteiger partial charge in [-0.1, -0.05) is 58.4 Å². The predicted octanol–water partition coefficient (Wildman–Crippen LogP) is 3.67. The van der Waals surface area contributed by atoms with Gasteiger partial charge in [0.1, 0.15) is 6.04 Å². The van der Waals surface area contributed by atoms with Crippen LogP contribution in [0.4, 0.5) is 0 Å². The number of aliphatic carboxylic acids is 1. The summed E-state index contributed by atoms with van der Waals surface area (Å²) in [5.74, 6) is -0.884. The van der Waals surface area contributed by atoms with Gasteiger partial charge in [0.2, 0.25) is 0 Å². The highest BCUT2D eigenvalue weighted by atomic mass is 79.9. The van der Waals surface area contributed by atoms with Crippen LogP contribution >= 0.6 is 15.9 Å². The number of rotatable bonds is 5. The monoisotopic (exact) mass is 333 g/mol. The van der Waals surface area contributed by atoms with Gasteiger partial charge >= 0.3 is 5.97 Å². The molecule has 2 aromatic rings. The molecule has 0 radical (unpaired) electrons. The first-order valence-corrected chi connectivity index (χ1v) is 7.13. The van der Waals surface area contributed by atoms with Crippen LogP contribution in [-0.2, 0) is 11.3 Å². The second-order valence-corrected chi connectivity index (χ2v) is 5.52. The normalized spacial score (nSPS) is 12.1. The zero-order chi connectivity index (χ0) is 14.5. The zero-order valence-corrected chi connectivity index (χ0v) is 12.7. The summed E-state index contributed by atoms with van der Waals surface area (Å²) in [6, 6.07) is 14.7. The molecule has 0 aliphatic rings. The molecule has 0 heterocycles. The summed E-state index contributed by atoms with van der Waals surface area (Å²) in [7, 11) is 0. The molecule has 0 saturated carbocycles. The summed E-state index contributed by atoms with van der Waals surface area (Å²) in [6.45, 7) is 2.49. The van der Waals surface area contributed by atoms with E-state index < -0.39 is 12.0 Å². The standard InChI is InChI=1S/C16H16BrNO2/c1-11-7-8-13(14(17)9-11)15(16(19)20)18-10-12-5-3-2-4-6-12/h2-9,15,18H,10H2,1H3,(H,19,20). The summed E-state index contributed by atoms with van der Waals surface area (Å²) in [4.78, 5) is 11.5. The van der Waals surface area contributed by atoms with Crippen LogP contribution in [0.1, 0.15) is 22.7 Å². The summed E-state index contributed by atoms with van der Waals surface area (Å²) >= 11 is 3.44. The number of carboxylic acid groups (broad SMARTS) is 1. The number of carbonyl (C=O) groups is 1. The van der Waals surface area contributed by atoms with E-state index in [1.165, 1.54) is 0 Å². The largest absolute Gasteiger partial charge is 0.480 e. The molecule has 20 heavy (non-hydrogen) atoms. The Labute approximate surface area is 126 Å². The van der Waals surface area contributed by atoms with Crippen molar-refractivity contribution >= 4 is 21.9 Å². The van der Waals surface area contributed by atoms with E-state index in [4.69, 9.17) is 0 Å². The van der Waals surface area contributed by atoms with E-state index in [9.17, 15) is 9.90 Å². The number of aryl methyl sites for hydroxylation is 1. The van der Waals surface area contributed by atoms with Crippen molar-refractivity contribution in [2.45, 2.75) is 19.5 Å². The van der Waals surface area contributed by atoms with Gasteiger partial charge in [0, 0.05) is 11.0 Å². The van der Waals surface area contributed by atoms with E-state index in [-0.39, 0.29) is 0 Å². The van der Waals surface area contributed by atoms with Crippen molar-refractivity contribution in [2.75, 3.05) is 0 Å². The van der Waals surface area contributed by atoms with Gasteiger partial charge in [-0.2, -0.15) is 0 Å². The third kappa shape index (κ3) is 3.68. The fraction of sp³-hybridized carbons (Fsp3) is 0.188. The Morgan fingerprint density at radius 2 is 1.95 bits per heavy atom. The van der Waals surface area contributed by atoms with E-state index in [1.54, 1.807) is 0 Å². The lowest BCUT2D eigenvalue weighted by atomic mass is 10.0. The first-order chi connectivity index (χ1) is 9.58. The van der Waals surface area contributed by atoms with Crippen LogP contribution in [0.2, 0.25) is 0 Å². The van der Waals surface area contributed by atoms with Crippen LogP contribution in [0.3, 0.4) is 0 Å². The van der Waals surface area contributed by atoms with Crippen LogP contribution < -0.4 is 5.32 Å². The lowest BCUT2D eigenvalue weighted by Crippen LogP contribution is -2.28. The molecular formula is C16H16BrNO2. The van der Waals surface area contributed by atoms with Crippen molar-refractivity contribution in [1.29, 1.82) is 0 Å². The number of halogens is 1. The summed E-state index contributed by atoms with van der Waals surface area (Å²) < 4.78 is 0.811. The predicted molar refractivity (Wildman–Crippen MR) is 82.5 cm³/mol. The van der Waals surface area contributed by atoms with Gasteiger partial charge in [-0.15, -0.1) is 0 Å². The Bertz CT molecular complexity index is 599. The van der Waals surface area contributed by atoms with Gasteiger partial charge in [-0.3, -0.25) is 10.1 Å². The van der Waals surface area contributed by atoms with E-state index in [0.717, 1.165) is 21.2 Å². The van der Waals surface area contributed by atoms with Crippen LogP contribution in [0.15, 0.2) is 53.0 Å². The maximum atomic E-state index is 11.5. The molecule has 104 valence electrons. The molecular weight excluding hydrogens is 318 g/mol. The third-order valence-corrected chi connectivity index (χ3v) is 3.75. The minimum Gasteiger partial charge on any atom is -0.480 e. The van der Waals surface area contributed by atoms with Gasteiger partial charge in [0.05, 0.1) is 0 Å². The van der Waals surface area contributed by atoms with Gasteiger partial charge in [0.15, 0.2) is 0 Å². The molecule has 0 aliphatic carbocycles. The Morgan fingerprint density at radius 3 is 2.55 bits per heavy atom. The molecule has 1 unspecified atom stereocenters. The number of nitrogens with one attached hydrogen (secondary N) is 1. The Morgan fingerprint density at radius 1 is 1.25 bits per heavy atom. The van der Waals surface area contributed by atoms with Gasteiger partial charge in [-0.05, 0) is 29.7 Å². The lowest BCUT2D eigenvalue weighted by Gasteiger charge is -2.17. The molecule has 1 atom stereocenters. The molecule has 0 saturated heterocycles. The molecule has 0 aromatic heterocycles. The molecule has 2 aromatic carbocycles. The lowest BCUT2D eigenvalue weighted by molar-refractivity contribution is -0.139. The first kappa shape index (κ1) is 14.8. The molecule has 0 aliphatic heterocycles. The van der Waals surface area contributed by atoms with E-state index in [1.807, 2.05) is 55.5 Å². The Balaban J connectivity index is 2.17. The van der Waals surface area contributed by atoms with E-state index in [2.05, 4.69) is 21.2 Å². The summed E-state index contributed by atoms with van der Waals surface area (Å²) in [6.07, 6.45) is 0. The van der Waals surface area contributed by atoms with Crippen molar-refractivity contribution < 1.29 is 9.90 Å². The van der Waals surface area contributed by atoms with Crippen molar-refractivity contribution in [1.82, 2.24) is 5.32 Å². The number of hydrogen-bond donors (Lipinski definition) is 2. The third-order valence-electron chi connectivity index (χ3n) is 3.07. The first-order valence-electron chi connectivity index (χ1n) is 6.34. The van der Waals surface area contributed by atoms with E-state index in [0.29, 0.717) is 6.54 Å². The highest BCUT2D eigenvalue weighted by molar-refractivity contribution is 9.10. The highest BCUT2D eigenvalue weighted by Gasteiger charge is 2.21. The van der Waals surface area contributed by atoms with Crippen LogP contribution in [0, 0.1) is 6.92 Å². The number of carboxylic acids is 1. The minimum absolute atomic E-state index is 0.512. The van der Waals surface area contributed by atoms with Crippen LogP contribution in [-0.4, -0.2) is 11.1 Å². The molecule has 4 heteroatoms. The quantitative estimate of drug-likeness (QED) is 0.877. The average Bonchev–Trinajstić information content (AvgIpc) is 2.42. The zero-order valence-electron chi connectivity index (χ0n) is 11.1. The van der Waals surface area contributed by atoms with Crippen molar-refractivity contribution in [3.8, 4) is 0 Å². The molecule has 2 rings (SSSR count). The summed E-state index contributed by atoms with van der Waals surface area (Å²) in [5.41, 5.74) is 2.88. The number of hydrogen-bond acceptors (Lipinski definition) is 2. The highest BCUT2D eigenvalue weighted by Crippen LogP contribution is 2.25. The molecule has 0 fully saturated rings. The fourth-order valence-corrected chi connectivity index (χ4v) is 2.73. The fourth-order valence-electron chi connectivity index (χ4n) is 2.01. The van der Waals surface area contributed by atoms with Gasteiger partial charge < -0.3 is 5.11 Å². The molecule has 0 bridgehead atoms. The van der Waals surface area contributed by atoms with Crippen LogP contribution in [0.25, 0.3) is 0 Å². The maximum Gasteiger partial charge on any atom is 0.325 e. The van der Waals surface area contributed by atoms with E-state index >= 15 is 0 Å². The van der Waals surface area contributed by atoms with Gasteiger partial charge in [0.25, 0.3) is 0 Å². The summed E-state index contributed by atoms with van der Waals surface area (Å²) in [5, 5.41) is 12.5. The van der Waals surface area contributed by atoms with Gasteiger partial charge in [-0.25, -0.2) is 0 Å². The molecule has 0 spiro atoms. The second-order valence-electron chi connectivity index (χ2n) is 4.66. The smallest absolute Gasteiger partial charge is 0.325 e. The van der Waals surface area contributed by atoms with Crippen molar-refractivity contribution in [2.24, 2.45) is 0 Å². The molecule has 2 N–H and O–H groups in total.